The molecule has 0 N–H and O–H groups in total. The molecule has 2 fully saturated rings. The molecule has 0 bridgehead atoms. The van der Waals surface area contributed by atoms with Crippen LogP contribution >= 0.6 is 22.7 Å². The highest BCUT2D eigenvalue weighted by Gasteiger charge is 2.48. The summed E-state index contributed by atoms with van der Waals surface area (Å²) in [5, 5.41) is 39.8. The normalized spacial score (nSPS) is 19.5. The van der Waals surface area contributed by atoms with Gasteiger partial charge in [0.05, 0.1) is 9.75 Å². The first-order chi connectivity index (χ1) is 30.3. The highest BCUT2D eigenvalue weighted by molar-refractivity contribution is 7.17. The summed E-state index contributed by atoms with van der Waals surface area (Å²) in [5.41, 5.74) is 6.68. The van der Waals surface area contributed by atoms with Gasteiger partial charge >= 0.3 is 0 Å². The molecule has 5 aromatic rings. The van der Waals surface area contributed by atoms with Crippen molar-refractivity contribution < 1.29 is 19.1 Å². The summed E-state index contributed by atoms with van der Waals surface area (Å²) in [4.78, 5) is 31.3. The van der Waals surface area contributed by atoms with E-state index < -0.39 is 11.2 Å². The van der Waals surface area contributed by atoms with Crippen LogP contribution in [0.15, 0.2) is 95.1 Å². The Morgan fingerprint density at radius 2 is 0.887 bits per heavy atom. The summed E-state index contributed by atoms with van der Waals surface area (Å²) < 4.78 is 14.4. The molecule has 3 aromatic carbocycles. The SMILES string of the molecule is N#CC(C#N)=C1/C(=C/c2cc3c(s2)-c2cc4c(cc2C2(CCCCC2)O3)-c2sc(/C=C3\C(=O)c5ccccc5C3=C(C#N)C#N)cc2OC42CCCCC2)C(=O)c2ccccc21. The van der Waals surface area contributed by atoms with Gasteiger partial charge in [0.25, 0.3) is 0 Å². The Bertz CT molecular complexity index is 2940. The third-order valence-corrected chi connectivity index (χ3v) is 15.6. The first-order valence-corrected chi connectivity index (χ1v) is 22.6. The lowest BCUT2D eigenvalue weighted by molar-refractivity contribution is 0.0205. The number of rotatable bonds is 2. The number of ether oxygens (including phenoxy) is 2. The van der Waals surface area contributed by atoms with Gasteiger partial charge in [-0.25, -0.2) is 0 Å². The Kier molecular flexibility index (Phi) is 8.71. The van der Waals surface area contributed by atoms with Crippen LogP contribution in [0.1, 0.15) is 117 Å². The minimum Gasteiger partial charge on any atom is -0.481 e. The number of hydrogen-bond acceptors (Lipinski definition) is 10. The number of hydrogen-bond donors (Lipinski definition) is 0. The van der Waals surface area contributed by atoms with Crippen molar-refractivity contribution in [3.8, 4) is 56.7 Å². The van der Waals surface area contributed by atoms with Crippen molar-refractivity contribution in [3.63, 3.8) is 0 Å². The fourth-order valence-corrected chi connectivity index (χ4v) is 12.8. The number of carbonyl (C=O) groups excluding carboxylic acids is 2. The van der Waals surface area contributed by atoms with Gasteiger partial charge < -0.3 is 9.47 Å². The van der Waals surface area contributed by atoms with E-state index in [0.717, 1.165) is 117 Å². The summed E-state index contributed by atoms with van der Waals surface area (Å²) in [6.07, 6.45) is 13.4. The van der Waals surface area contributed by atoms with Crippen molar-refractivity contribution in [2.75, 3.05) is 0 Å². The van der Waals surface area contributed by atoms with E-state index in [1.807, 2.05) is 60.7 Å². The molecule has 10 heteroatoms. The molecule has 0 atom stereocenters. The lowest BCUT2D eigenvalue weighted by atomic mass is 9.71. The smallest absolute Gasteiger partial charge is 0.194 e. The van der Waals surface area contributed by atoms with Crippen molar-refractivity contribution in [1.82, 2.24) is 0 Å². The van der Waals surface area contributed by atoms with Crippen LogP contribution in [0.3, 0.4) is 0 Å². The second-order valence-corrected chi connectivity index (χ2v) is 18.9. The molecule has 62 heavy (non-hydrogen) atoms. The monoisotopic (exact) mass is 842 g/mol. The van der Waals surface area contributed by atoms with Gasteiger partial charge in [0.1, 0.15) is 58.1 Å². The second kappa shape index (κ2) is 14.3. The lowest BCUT2D eigenvalue weighted by Crippen LogP contribution is -2.40. The summed E-state index contributed by atoms with van der Waals surface area (Å²) in [5.74, 6) is 1.11. The minimum absolute atomic E-state index is 0.0961. The summed E-state index contributed by atoms with van der Waals surface area (Å²) in [6, 6.07) is 31.1. The maximum absolute atomic E-state index is 13.9. The van der Waals surface area contributed by atoms with E-state index in [2.05, 4.69) is 12.1 Å². The number of carbonyl (C=O) groups is 2. The average molecular weight is 843 g/mol. The number of nitriles is 4. The molecule has 11 rings (SSSR count). The van der Waals surface area contributed by atoms with Gasteiger partial charge in [-0.2, -0.15) is 21.0 Å². The third kappa shape index (κ3) is 5.51. The van der Waals surface area contributed by atoms with Crippen LogP contribution in [0.2, 0.25) is 0 Å². The Hall–Kier alpha value is -7.08. The Labute approximate surface area is 366 Å². The molecule has 0 amide bonds. The van der Waals surface area contributed by atoms with Crippen LogP contribution in [0.5, 0.6) is 11.5 Å². The molecule has 2 spiro atoms. The number of fused-ring (bicyclic) bond motifs is 10. The second-order valence-electron chi connectivity index (χ2n) is 16.8. The van der Waals surface area contributed by atoms with Crippen LogP contribution in [0.4, 0.5) is 0 Å². The molecule has 0 saturated heterocycles. The molecule has 2 aromatic heterocycles. The summed E-state index contributed by atoms with van der Waals surface area (Å²) >= 11 is 3.09. The maximum Gasteiger partial charge on any atom is 0.194 e. The van der Waals surface area contributed by atoms with E-state index in [-0.39, 0.29) is 22.7 Å². The van der Waals surface area contributed by atoms with Gasteiger partial charge in [-0.05, 0) is 98.9 Å². The zero-order chi connectivity index (χ0) is 42.3. The lowest BCUT2D eigenvalue weighted by Gasteiger charge is -2.45. The van der Waals surface area contributed by atoms with Crippen LogP contribution in [-0.4, -0.2) is 11.6 Å². The van der Waals surface area contributed by atoms with Crippen LogP contribution in [0.25, 0.3) is 44.2 Å². The molecule has 6 aliphatic rings. The number of ketones is 2. The zero-order valence-corrected chi connectivity index (χ0v) is 35.0. The largest absolute Gasteiger partial charge is 0.481 e. The predicted octanol–water partition coefficient (Wildman–Crippen LogP) is 12.4. The predicted molar refractivity (Wildman–Crippen MR) is 238 cm³/mol. The van der Waals surface area contributed by atoms with E-state index in [1.165, 1.54) is 0 Å². The fourth-order valence-electron chi connectivity index (χ4n) is 10.7. The van der Waals surface area contributed by atoms with Gasteiger partial charge in [0, 0.05) is 65.4 Å². The van der Waals surface area contributed by atoms with Gasteiger partial charge in [0.2, 0.25) is 0 Å². The van der Waals surface area contributed by atoms with Crippen LogP contribution in [0, 0.1) is 45.3 Å². The Morgan fingerprint density at radius 3 is 1.26 bits per heavy atom. The van der Waals surface area contributed by atoms with Gasteiger partial charge in [-0.15, -0.1) is 22.7 Å². The zero-order valence-electron chi connectivity index (χ0n) is 33.4. The van der Waals surface area contributed by atoms with Crippen molar-refractivity contribution >= 4 is 57.5 Å². The highest BCUT2D eigenvalue weighted by atomic mass is 32.1. The quantitative estimate of drug-likeness (QED) is 0.126. The molecular weight excluding hydrogens is 809 g/mol. The number of nitrogens with zero attached hydrogens (tertiary/aromatic N) is 4. The van der Waals surface area contributed by atoms with Gasteiger partial charge in [0.15, 0.2) is 11.6 Å². The van der Waals surface area contributed by atoms with Gasteiger partial charge in [-0.3, -0.25) is 9.59 Å². The molecule has 4 heterocycles. The summed E-state index contributed by atoms with van der Waals surface area (Å²) in [6.45, 7) is 0. The van der Waals surface area contributed by atoms with E-state index in [1.54, 1.807) is 59.1 Å². The highest BCUT2D eigenvalue weighted by Crippen LogP contribution is 2.61. The van der Waals surface area contributed by atoms with E-state index in [0.29, 0.717) is 44.5 Å². The first-order valence-electron chi connectivity index (χ1n) is 21.0. The standard InChI is InChI=1S/C52H34N4O4S2/c53-25-29(26-54)45-33-11-3-5-13-35(33)47(57)39(45)19-31-21-43-49(61-31)37-24-42-38(23-41(37)51(59-43)15-7-1-8-16-51)50-44(60-52(42)17-9-2-10-18-52)22-32(62-50)20-40-46(30(27-55)28-56)34-12-4-6-14-36(34)48(40)58/h3-6,11-14,19-24H,1-2,7-10,15-18H2/b39-19-,40-20-. The Balaban J connectivity index is 1.08. The van der Waals surface area contributed by atoms with E-state index in [9.17, 15) is 30.6 Å². The molecule has 0 radical (unpaired) electrons. The van der Waals surface area contributed by atoms with Crippen molar-refractivity contribution in [2.24, 2.45) is 0 Å². The van der Waals surface area contributed by atoms with Gasteiger partial charge in [-0.1, -0.05) is 61.4 Å². The van der Waals surface area contributed by atoms with Crippen molar-refractivity contribution in [2.45, 2.75) is 75.4 Å². The number of Topliss-reactive ketones (excluding diaryl/α,β-unsaturated/α-hetero) is 2. The van der Waals surface area contributed by atoms with Crippen molar-refractivity contribution in [1.29, 1.82) is 21.0 Å². The molecular formula is C52H34N4O4S2. The van der Waals surface area contributed by atoms with Crippen molar-refractivity contribution in [3.05, 3.63) is 138 Å². The van der Waals surface area contributed by atoms with Crippen LogP contribution < -0.4 is 9.47 Å². The number of benzene rings is 3. The number of thiophene rings is 2. The van der Waals surface area contributed by atoms with Crippen LogP contribution in [-0.2, 0) is 11.2 Å². The molecule has 2 aliphatic heterocycles. The molecule has 4 aliphatic carbocycles. The third-order valence-electron chi connectivity index (χ3n) is 13.4. The molecule has 8 nitrogen and oxygen atoms in total. The first kappa shape index (κ1) is 37.9. The fraction of sp³-hybridized carbons (Fsp3) is 0.231. The number of allylic oxidation sites excluding steroid dienone is 6. The topological polar surface area (TPSA) is 148 Å². The molecule has 0 unspecified atom stereocenters. The molecule has 2 saturated carbocycles. The minimum atomic E-state index is -0.562. The summed E-state index contributed by atoms with van der Waals surface area (Å²) in [7, 11) is 0. The van der Waals surface area contributed by atoms with E-state index >= 15 is 0 Å². The molecule has 298 valence electrons. The van der Waals surface area contributed by atoms with E-state index in [4.69, 9.17) is 9.47 Å². The Morgan fingerprint density at radius 1 is 0.516 bits per heavy atom. The maximum atomic E-state index is 13.9. The average Bonchev–Trinajstić information content (AvgIpc) is 4.04.